The van der Waals surface area contributed by atoms with Crippen LogP contribution in [-0.2, 0) is 14.3 Å². The number of methoxy groups -OCH3 is 1. The van der Waals surface area contributed by atoms with Crippen molar-refractivity contribution in [2.75, 3.05) is 51.4 Å². The fraction of sp³-hybridized carbons (Fsp3) is 0.333. The number of ether oxygens (including phenoxy) is 3. The third-order valence-corrected chi connectivity index (χ3v) is 7.53. The number of aliphatic hydroxyl groups is 1. The fourth-order valence-electron chi connectivity index (χ4n) is 5.34. The smallest absolute Gasteiger partial charge is 0.256 e. The number of aliphatic hydroxyl groups excluding tert-OH is 1. The van der Waals surface area contributed by atoms with Gasteiger partial charge in [0.2, 0.25) is 0 Å². The van der Waals surface area contributed by atoms with Crippen molar-refractivity contribution < 1.29 is 24.1 Å². The van der Waals surface area contributed by atoms with Gasteiger partial charge in [0, 0.05) is 50.6 Å². The van der Waals surface area contributed by atoms with Crippen molar-refractivity contribution in [3.63, 3.8) is 0 Å². The first-order chi connectivity index (χ1) is 20.1. The summed E-state index contributed by atoms with van der Waals surface area (Å²) in [6.45, 7) is 2.94. The maximum atomic E-state index is 13.2. The van der Waals surface area contributed by atoms with Crippen LogP contribution < -0.4 is 9.64 Å². The number of nitriles is 1. The number of carbonyl (C=O) groups excluding carboxylic acids is 1. The van der Waals surface area contributed by atoms with Crippen LogP contribution in [-0.4, -0.2) is 89.2 Å². The summed E-state index contributed by atoms with van der Waals surface area (Å²) in [5, 5.41) is 24.1. The van der Waals surface area contributed by atoms with Gasteiger partial charge in [0.15, 0.2) is 6.10 Å². The molecule has 11 nitrogen and oxygen atoms in total. The zero-order valence-corrected chi connectivity index (χ0v) is 22.6. The molecule has 1 N–H and O–H groups in total. The monoisotopic (exact) mass is 554 g/mol. The fourth-order valence-corrected chi connectivity index (χ4v) is 5.34. The number of fused-ring (bicyclic) bond motifs is 1. The zero-order chi connectivity index (χ0) is 28.3. The molecule has 41 heavy (non-hydrogen) atoms. The Balaban J connectivity index is 1.18. The molecule has 2 unspecified atom stereocenters. The maximum Gasteiger partial charge on any atom is 0.256 e. The SMILES string of the molecule is CO[C@@H](C(=O)N1CCN(c2ccc(-c3cc(OC4COCC4O)cn4ncc(C#N)c34)cn2)CC1)c1ccccc1. The Morgan fingerprint density at radius 1 is 1.12 bits per heavy atom. The Hall–Kier alpha value is -4.50. The van der Waals surface area contributed by atoms with Gasteiger partial charge in [0.05, 0.1) is 36.7 Å². The molecule has 0 radical (unpaired) electrons. The molecule has 2 aliphatic heterocycles. The number of hydrogen-bond donors (Lipinski definition) is 1. The summed E-state index contributed by atoms with van der Waals surface area (Å²) in [5.74, 6) is 1.26. The molecule has 11 heteroatoms. The lowest BCUT2D eigenvalue weighted by Crippen LogP contribution is -2.50. The lowest BCUT2D eigenvalue weighted by atomic mass is 10.0. The highest BCUT2D eigenvalue weighted by Gasteiger charge is 2.30. The van der Waals surface area contributed by atoms with Crippen molar-refractivity contribution >= 4 is 17.2 Å². The lowest BCUT2D eigenvalue weighted by molar-refractivity contribution is -0.142. The summed E-state index contributed by atoms with van der Waals surface area (Å²) < 4.78 is 18.5. The summed E-state index contributed by atoms with van der Waals surface area (Å²) in [7, 11) is 1.56. The van der Waals surface area contributed by atoms with Gasteiger partial charge in [-0.25, -0.2) is 9.50 Å². The van der Waals surface area contributed by atoms with E-state index in [2.05, 4.69) is 16.1 Å². The first-order valence-electron chi connectivity index (χ1n) is 13.5. The number of carbonyl (C=O) groups is 1. The summed E-state index contributed by atoms with van der Waals surface area (Å²) >= 11 is 0. The number of hydrogen-bond acceptors (Lipinski definition) is 9. The molecule has 2 fully saturated rings. The van der Waals surface area contributed by atoms with Crippen LogP contribution in [0.3, 0.4) is 0 Å². The molecule has 3 aromatic heterocycles. The molecule has 2 saturated heterocycles. The molecule has 2 aliphatic rings. The molecular formula is C30H30N6O5. The Kier molecular flexibility index (Phi) is 7.52. The van der Waals surface area contributed by atoms with Gasteiger partial charge in [-0.1, -0.05) is 30.3 Å². The Labute approximate surface area is 237 Å². The number of rotatable bonds is 7. The Morgan fingerprint density at radius 3 is 2.59 bits per heavy atom. The van der Waals surface area contributed by atoms with Crippen molar-refractivity contribution in [2.24, 2.45) is 0 Å². The number of pyridine rings is 2. The highest BCUT2D eigenvalue weighted by molar-refractivity contribution is 5.85. The van der Waals surface area contributed by atoms with Gasteiger partial charge < -0.3 is 29.1 Å². The van der Waals surface area contributed by atoms with Crippen molar-refractivity contribution in [3.8, 4) is 22.9 Å². The highest BCUT2D eigenvalue weighted by atomic mass is 16.6. The van der Waals surface area contributed by atoms with Crippen LogP contribution in [0.2, 0.25) is 0 Å². The van der Waals surface area contributed by atoms with Gasteiger partial charge in [-0.2, -0.15) is 10.4 Å². The van der Waals surface area contributed by atoms with Gasteiger partial charge in [0.25, 0.3) is 5.91 Å². The molecule has 0 saturated carbocycles. The molecule has 4 aromatic rings. The van der Waals surface area contributed by atoms with E-state index in [0.717, 1.165) is 22.5 Å². The molecule has 0 aliphatic carbocycles. The summed E-state index contributed by atoms with van der Waals surface area (Å²) in [6.07, 6.45) is 3.16. The number of benzene rings is 1. The van der Waals surface area contributed by atoms with E-state index in [9.17, 15) is 15.2 Å². The Bertz CT molecular complexity index is 1560. The van der Waals surface area contributed by atoms with Crippen LogP contribution in [0.15, 0.2) is 67.1 Å². The number of piperazine rings is 1. The third kappa shape index (κ3) is 5.32. The molecule has 6 rings (SSSR count). The van der Waals surface area contributed by atoms with E-state index >= 15 is 0 Å². The molecule has 0 spiro atoms. The largest absolute Gasteiger partial charge is 0.484 e. The Morgan fingerprint density at radius 2 is 1.93 bits per heavy atom. The standard InChI is InChI=1S/C30H30N6O5/c1-39-29(20-5-3-2-4-6-20)30(38)35-11-9-34(10-12-35)27-8-7-21(15-32-27)24-13-23(41-26-19-40-18-25(26)37)17-36-28(24)22(14-31)16-33-36/h2-8,13,15-17,25-26,29,37H,9-12,18-19H2,1H3/t25?,26?,29-/m1/s1. The number of nitrogens with zero attached hydrogens (tertiary/aromatic N) is 6. The van der Waals surface area contributed by atoms with Gasteiger partial charge in [-0.15, -0.1) is 0 Å². The molecule has 0 bridgehead atoms. The van der Waals surface area contributed by atoms with Gasteiger partial charge >= 0.3 is 0 Å². The van der Waals surface area contributed by atoms with Crippen LogP contribution >= 0.6 is 0 Å². The van der Waals surface area contributed by atoms with Crippen molar-refractivity contribution in [3.05, 3.63) is 78.2 Å². The quantitative estimate of drug-likeness (QED) is 0.367. The van der Waals surface area contributed by atoms with E-state index in [1.54, 1.807) is 24.0 Å². The minimum absolute atomic E-state index is 0.0430. The normalized spacial score (nSPS) is 19.7. The molecule has 1 amide bonds. The summed E-state index contributed by atoms with van der Waals surface area (Å²) in [4.78, 5) is 21.9. The topological polar surface area (TPSA) is 125 Å². The predicted molar refractivity (Wildman–Crippen MR) is 149 cm³/mol. The number of aromatic nitrogens is 3. The second-order valence-electron chi connectivity index (χ2n) is 10.1. The van der Waals surface area contributed by atoms with E-state index < -0.39 is 18.3 Å². The molecular weight excluding hydrogens is 524 g/mol. The molecule has 1 aromatic carbocycles. The van der Waals surface area contributed by atoms with Gasteiger partial charge in [-0.05, 0) is 23.8 Å². The van der Waals surface area contributed by atoms with Crippen LogP contribution in [0.4, 0.5) is 5.82 Å². The van der Waals surface area contributed by atoms with Crippen LogP contribution in [0.1, 0.15) is 17.2 Å². The third-order valence-electron chi connectivity index (χ3n) is 7.53. The maximum absolute atomic E-state index is 13.2. The summed E-state index contributed by atoms with van der Waals surface area (Å²) in [5.41, 5.74) is 3.46. The van der Waals surface area contributed by atoms with Crippen LogP contribution in [0.5, 0.6) is 5.75 Å². The minimum Gasteiger partial charge on any atom is -0.484 e. The second-order valence-corrected chi connectivity index (χ2v) is 10.1. The van der Waals surface area contributed by atoms with Crippen LogP contribution in [0.25, 0.3) is 16.6 Å². The number of anilines is 1. The lowest BCUT2D eigenvalue weighted by Gasteiger charge is -2.36. The van der Waals surface area contributed by atoms with E-state index in [4.69, 9.17) is 19.2 Å². The molecule has 3 atom stereocenters. The minimum atomic E-state index is -0.711. The average Bonchev–Trinajstić information content (AvgIpc) is 3.63. The molecule has 210 valence electrons. The summed E-state index contributed by atoms with van der Waals surface area (Å²) in [6, 6.07) is 17.5. The predicted octanol–water partition coefficient (Wildman–Crippen LogP) is 2.44. The van der Waals surface area contributed by atoms with E-state index in [1.165, 1.54) is 6.20 Å². The second kappa shape index (κ2) is 11.5. The van der Waals surface area contributed by atoms with Crippen molar-refractivity contribution in [1.82, 2.24) is 19.5 Å². The van der Waals surface area contributed by atoms with Crippen molar-refractivity contribution in [2.45, 2.75) is 18.3 Å². The van der Waals surface area contributed by atoms with Gasteiger partial charge in [-0.3, -0.25) is 4.79 Å². The van der Waals surface area contributed by atoms with E-state index in [-0.39, 0.29) is 12.5 Å². The number of amides is 1. The first kappa shape index (κ1) is 26.7. The van der Waals surface area contributed by atoms with Gasteiger partial charge in [0.1, 0.15) is 29.8 Å². The average molecular weight is 555 g/mol. The zero-order valence-electron chi connectivity index (χ0n) is 22.6. The van der Waals surface area contributed by atoms with E-state index in [0.29, 0.717) is 49.6 Å². The van der Waals surface area contributed by atoms with Crippen molar-refractivity contribution in [1.29, 1.82) is 5.26 Å². The highest BCUT2D eigenvalue weighted by Crippen LogP contribution is 2.32. The first-order valence-corrected chi connectivity index (χ1v) is 13.5. The van der Waals surface area contributed by atoms with Crippen LogP contribution in [0, 0.1) is 11.3 Å². The molecule has 5 heterocycles. The van der Waals surface area contributed by atoms with E-state index in [1.807, 2.05) is 53.4 Å².